The van der Waals surface area contributed by atoms with Crippen LogP contribution in [0.1, 0.15) is 17.4 Å². The monoisotopic (exact) mass is 273 g/mol. The number of thiazole rings is 1. The summed E-state index contributed by atoms with van der Waals surface area (Å²) in [5.41, 5.74) is 1.35. The van der Waals surface area contributed by atoms with E-state index in [9.17, 15) is 9.59 Å². The van der Waals surface area contributed by atoms with Crippen molar-refractivity contribution >= 4 is 28.2 Å². The molecule has 1 unspecified atom stereocenters. The average Bonchev–Trinajstić information content (AvgIpc) is 2.77. The van der Waals surface area contributed by atoms with E-state index in [1.165, 1.54) is 5.51 Å². The second kappa shape index (κ2) is 6.92. The van der Waals surface area contributed by atoms with Gasteiger partial charge in [-0.2, -0.15) is 0 Å². The van der Waals surface area contributed by atoms with E-state index in [1.807, 2.05) is 0 Å². The third-order valence-electron chi connectivity index (χ3n) is 2.12. The van der Waals surface area contributed by atoms with E-state index in [4.69, 9.17) is 9.84 Å². The van der Waals surface area contributed by atoms with Gasteiger partial charge in [-0.05, 0) is 6.92 Å². The fourth-order valence-corrected chi connectivity index (χ4v) is 1.95. The summed E-state index contributed by atoms with van der Waals surface area (Å²) in [6, 6.07) is -0.541. The van der Waals surface area contributed by atoms with Gasteiger partial charge in [-0.1, -0.05) is 0 Å². The minimum Gasteiger partial charge on any atom is -0.476 e. The number of carbonyl (C=O) groups excluding carboxylic acids is 1. The standard InChI is InChI=1S/C10H15N3O4S/c1-6(8(14)11-3-4-17-2)13-9-7(10(15)16)12-5-18-9/h5-6,13H,3-4H2,1-2H3,(H,11,14)(H,15,16). The Bertz CT molecular complexity index is 421. The number of methoxy groups -OCH3 is 1. The van der Waals surface area contributed by atoms with E-state index in [2.05, 4.69) is 15.6 Å². The van der Waals surface area contributed by atoms with Gasteiger partial charge in [0.2, 0.25) is 5.91 Å². The third-order valence-corrected chi connectivity index (χ3v) is 2.87. The molecule has 0 spiro atoms. The zero-order chi connectivity index (χ0) is 13.5. The number of nitrogens with one attached hydrogen (secondary N) is 2. The summed E-state index contributed by atoms with van der Waals surface area (Å²) in [7, 11) is 1.55. The lowest BCUT2D eigenvalue weighted by Crippen LogP contribution is -2.39. The number of carboxylic acid groups (broad SMARTS) is 1. The molecule has 0 saturated heterocycles. The van der Waals surface area contributed by atoms with Gasteiger partial charge in [0, 0.05) is 13.7 Å². The summed E-state index contributed by atoms with van der Waals surface area (Å²) in [5.74, 6) is -1.34. The smallest absolute Gasteiger partial charge is 0.357 e. The van der Waals surface area contributed by atoms with Crippen LogP contribution < -0.4 is 10.6 Å². The Balaban J connectivity index is 2.53. The summed E-state index contributed by atoms with van der Waals surface area (Å²) in [5, 5.41) is 14.7. The highest BCUT2D eigenvalue weighted by molar-refractivity contribution is 7.14. The predicted octanol–water partition coefficient (Wildman–Crippen LogP) is 0.404. The molecule has 18 heavy (non-hydrogen) atoms. The Morgan fingerprint density at radius 3 is 2.94 bits per heavy atom. The zero-order valence-electron chi connectivity index (χ0n) is 10.1. The maximum Gasteiger partial charge on any atom is 0.357 e. The van der Waals surface area contributed by atoms with Crippen molar-refractivity contribution in [3.8, 4) is 0 Å². The van der Waals surface area contributed by atoms with Crippen molar-refractivity contribution in [2.75, 3.05) is 25.6 Å². The first-order valence-electron chi connectivity index (χ1n) is 5.26. The predicted molar refractivity (Wildman–Crippen MR) is 67.0 cm³/mol. The van der Waals surface area contributed by atoms with Gasteiger partial charge in [0.15, 0.2) is 5.69 Å². The molecule has 1 amide bonds. The molecule has 1 aromatic rings. The number of rotatable bonds is 7. The van der Waals surface area contributed by atoms with Crippen LogP contribution in [-0.4, -0.2) is 48.3 Å². The van der Waals surface area contributed by atoms with E-state index in [-0.39, 0.29) is 11.6 Å². The number of carbonyl (C=O) groups is 2. The van der Waals surface area contributed by atoms with Gasteiger partial charge in [0.1, 0.15) is 11.0 Å². The Morgan fingerprint density at radius 1 is 1.61 bits per heavy atom. The Kier molecular flexibility index (Phi) is 5.53. The lowest BCUT2D eigenvalue weighted by molar-refractivity contribution is -0.121. The Labute approximate surface area is 108 Å². The van der Waals surface area contributed by atoms with Gasteiger partial charge < -0.3 is 20.5 Å². The molecule has 3 N–H and O–H groups in total. The van der Waals surface area contributed by atoms with E-state index >= 15 is 0 Å². The Hall–Kier alpha value is -1.67. The summed E-state index contributed by atoms with van der Waals surface area (Å²) in [4.78, 5) is 26.2. The maximum absolute atomic E-state index is 11.6. The van der Waals surface area contributed by atoms with Gasteiger partial charge in [-0.15, -0.1) is 11.3 Å². The highest BCUT2D eigenvalue weighted by atomic mass is 32.1. The number of carboxylic acids is 1. The quantitative estimate of drug-likeness (QED) is 0.622. The van der Waals surface area contributed by atoms with Gasteiger partial charge in [-0.25, -0.2) is 9.78 Å². The summed E-state index contributed by atoms with van der Waals surface area (Å²) < 4.78 is 4.81. The highest BCUT2D eigenvalue weighted by Gasteiger charge is 2.18. The third kappa shape index (κ3) is 3.97. The number of aromatic nitrogens is 1. The Morgan fingerprint density at radius 2 is 2.33 bits per heavy atom. The number of amides is 1. The molecule has 0 radical (unpaired) electrons. The van der Waals surface area contributed by atoms with Crippen LogP contribution in [0.25, 0.3) is 0 Å². The molecule has 0 saturated carbocycles. The number of ether oxygens (including phenoxy) is 1. The lowest BCUT2D eigenvalue weighted by Gasteiger charge is -2.13. The zero-order valence-corrected chi connectivity index (χ0v) is 10.9. The molecule has 1 heterocycles. The van der Waals surface area contributed by atoms with E-state index in [0.29, 0.717) is 18.2 Å². The van der Waals surface area contributed by atoms with E-state index < -0.39 is 12.0 Å². The largest absolute Gasteiger partial charge is 0.476 e. The molecule has 0 fully saturated rings. The van der Waals surface area contributed by atoms with Crippen molar-refractivity contribution < 1.29 is 19.4 Å². The fourth-order valence-electron chi connectivity index (χ4n) is 1.19. The van der Waals surface area contributed by atoms with Crippen molar-refractivity contribution in [2.24, 2.45) is 0 Å². The van der Waals surface area contributed by atoms with Crippen LogP contribution in [0, 0.1) is 0 Å². The molecule has 7 nitrogen and oxygen atoms in total. The highest BCUT2D eigenvalue weighted by Crippen LogP contribution is 2.20. The van der Waals surface area contributed by atoms with Gasteiger partial charge in [0.05, 0.1) is 12.1 Å². The summed E-state index contributed by atoms with van der Waals surface area (Å²) in [6.07, 6.45) is 0. The minimum absolute atomic E-state index is 0.0726. The van der Waals surface area contributed by atoms with Gasteiger partial charge >= 0.3 is 5.97 Å². The average molecular weight is 273 g/mol. The van der Waals surface area contributed by atoms with Crippen LogP contribution in [-0.2, 0) is 9.53 Å². The molecule has 1 atom stereocenters. The van der Waals surface area contributed by atoms with E-state index in [1.54, 1.807) is 14.0 Å². The SMILES string of the molecule is COCCNC(=O)C(C)Nc1scnc1C(=O)O. The molecular weight excluding hydrogens is 258 g/mol. The maximum atomic E-state index is 11.6. The van der Waals surface area contributed by atoms with Crippen molar-refractivity contribution in [3.63, 3.8) is 0 Å². The van der Waals surface area contributed by atoms with Gasteiger partial charge in [-0.3, -0.25) is 4.79 Å². The van der Waals surface area contributed by atoms with Gasteiger partial charge in [0.25, 0.3) is 0 Å². The minimum atomic E-state index is -1.12. The van der Waals surface area contributed by atoms with Crippen molar-refractivity contribution in [1.82, 2.24) is 10.3 Å². The normalized spacial score (nSPS) is 11.9. The molecular formula is C10H15N3O4S. The number of hydrogen-bond donors (Lipinski definition) is 3. The molecule has 8 heteroatoms. The van der Waals surface area contributed by atoms with Crippen LogP contribution in [0.5, 0.6) is 0 Å². The molecule has 100 valence electrons. The molecule has 0 aliphatic heterocycles. The molecule has 1 rings (SSSR count). The molecule has 0 bridgehead atoms. The number of anilines is 1. The fraction of sp³-hybridized carbons (Fsp3) is 0.500. The number of aromatic carboxylic acids is 1. The van der Waals surface area contributed by atoms with Crippen LogP contribution >= 0.6 is 11.3 Å². The van der Waals surface area contributed by atoms with Crippen LogP contribution in [0.3, 0.4) is 0 Å². The van der Waals surface area contributed by atoms with Crippen LogP contribution in [0.15, 0.2) is 5.51 Å². The molecule has 0 aliphatic rings. The second-order valence-corrected chi connectivity index (χ2v) is 4.34. The second-order valence-electron chi connectivity index (χ2n) is 3.49. The van der Waals surface area contributed by atoms with E-state index in [0.717, 1.165) is 11.3 Å². The first kappa shape index (κ1) is 14.4. The van der Waals surface area contributed by atoms with Crippen molar-refractivity contribution in [2.45, 2.75) is 13.0 Å². The first-order chi connectivity index (χ1) is 8.56. The summed E-state index contributed by atoms with van der Waals surface area (Å²) >= 11 is 1.14. The van der Waals surface area contributed by atoms with Crippen molar-refractivity contribution in [1.29, 1.82) is 0 Å². The molecule has 0 aliphatic carbocycles. The number of hydrogen-bond acceptors (Lipinski definition) is 6. The molecule has 1 aromatic heterocycles. The van der Waals surface area contributed by atoms with Crippen molar-refractivity contribution in [3.05, 3.63) is 11.2 Å². The molecule has 0 aromatic carbocycles. The number of nitrogens with zero attached hydrogens (tertiary/aromatic N) is 1. The first-order valence-corrected chi connectivity index (χ1v) is 6.14. The lowest BCUT2D eigenvalue weighted by atomic mass is 10.3. The summed E-state index contributed by atoms with van der Waals surface area (Å²) in [6.45, 7) is 2.49. The van der Waals surface area contributed by atoms with Crippen LogP contribution in [0.4, 0.5) is 5.00 Å². The van der Waals surface area contributed by atoms with Crippen LogP contribution in [0.2, 0.25) is 0 Å². The topological polar surface area (TPSA) is 101 Å².